The Kier molecular flexibility index (Phi) is 6.32. The van der Waals surface area contributed by atoms with Crippen LogP contribution in [0.5, 0.6) is 0 Å². The fraction of sp³-hybridized carbons (Fsp3) is 0.565. The standard InChI is InChI=1S/C23H31N3O2S/c1-3-28-22(27)23-9-5-10-25(12-19-8-11-29-16-19)13-20(23)14-26(17-23)15-21-7-4-6-18(2)24-21/h4,6-8,11,16,20H,3,5,9-10,12-15,17H2,1-2H3/t20-,23-/m0/s1. The second-order valence-corrected chi connectivity index (χ2v) is 9.26. The molecule has 2 aromatic rings. The number of hydrogen-bond acceptors (Lipinski definition) is 6. The Balaban J connectivity index is 1.53. The number of thiophene rings is 1. The zero-order valence-electron chi connectivity index (χ0n) is 17.5. The minimum absolute atomic E-state index is 0.00193. The molecule has 2 aliphatic heterocycles. The Morgan fingerprint density at radius 3 is 2.90 bits per heavy atom. The van der Waals surface area contributed by atoms with E-state index in [-0.39, 0.29) is 11.4 Å². The highest BCUT2D eigenvalue weighted by molar-refractivity contribution is 7.07. The summed E-state index contributed by atoms with van der Waals surface area (Å²) in [4.78, 5) is 22.8. The molecule has 4 rings (SSSR count). The van der Waals surface area contributed by atoms with E-state index in [1.165, 1.54) is 5.56 Å². The van der Waals surface area contributed by atoms with E-state index in [1.807, 2.05) is 19.9 Å². The van der Waals surface area contributed by atoms with Crippen LogP contribution in [0.25, 0.3) is 0 Å². The second-order valence-electron chi connectivity index (χ2n) is 8.48. The monoisotopic (exact) mass is 413 g/mol. The van der Waals surface area contributed by atoms with Crippen LogP contribution in [0, 0.1) is 18.3 Å². The molecule has 0 bridgehead atoms. The molecule has 0 radical (unpaired) electrons. The summed E-state index contributed by atoms with van der Waals surface area (Å²) in [5.41, 5.74) is 3.11. The van der Waals surface area contributed by atoms with Crippen LogP contribution in [0.2, 0.25) is 0 Å². The maximum Gasteiger partial charge on any atom is 0.313 e. The Morgan fingerprint density at radius 2 is 2.14 bits per heavy atom. The SMILES string of the molecule is CCOC(=O)[C@]12CCCN(Cc3ccsc3)C[C@H]1CN(Cc1cccc(C)n1)C2. The Bertz CT molecular complexity index is 825. The molecule has 2 saturated heterocycles. The summed E-state index contributed by atoms with van der Waals surface area (Å²) < 4.78 is 5.60. The minimum Gasteiger partial charge on any atom is -0.466 e. The Labute approximate surface area is 177 Å². The van der Waals surface area contributed by atoms with Crippen LogP contribution < -0.4 is 0 Å². The summed E-state index contributed by atoms with van der Waals surface area (Å²) in [6, 6.07) is 8.38. The van der Waals surface area contributed by atoms with Gasteiger partial charge in [0.05, 0.1) is 17.7 Å². The molecule has 0 N–H and O–H groups in total. The molecule has 0 aromatic carbocycles. The summed E-state index contributed by atoms with van der Waals surface area (Å²) in [5, 5.41) is 4.37. The lowest BCUT2D eigenvalue weighted by Crippen LogP contribution is -2.42. The lowest BCUT2D eigenvalue weighted by atomic mass is 9.75. The van der Waals surface area contributed by atoms with Crippen LogP contribution in [-0.2, 0) is 22.6 Å². The normalized spacial score (nSPS) is 25.5. The second kappa shape index (κ2) is 8.94. The van der Waals surface area contributed by atoms with Crippen molar-refractivity contribution in [3.63, 3.8) is 0 Å². The van der Waals surface area contributed by atoms with Gasteiger partial charge in [0, 0.05) is 44.3 Å². The van der Waals surface area contributed by atoms with Crippen LogP contribution in [0.3, 0.4) is 0 Å². The number of hydrogen-bond donors (Lipinski definition) is 0. The van der Waals surface area contributed by atoms with E-state index in [9.17, 15) is 4.79 Å². The van der Waals surface area contributed by atoms with Crippen LogP contribution in [0.15, 0.2) is 35.0 Å². The summed E-state index contributed by atoms with van der Waals surface area (Å²) >= 11 is 1.75. The average molecular weight is 414 g/mol. The zero-order chi connectivity index (χ0) is 20.3. The molecule has 0 saturated carbocycles. The molecule has 2 atom stereocenters. The molecule has 156 valence electrons. The third-order valence-electron chi connectivity index (χ3n) is 6.34. The molecule has 29 heavy (non-hydrogen) atoms. The molecular formula is C23H31N3O2S. The Hall–Kier alpha value is -1.76. The van der Waals surface area contributed by atoms with Gasteiger partial charge in [-0.15, -0.1) is 0 Å². The number of carbonyl (C=O) groups is 1. The average Bonchev–Trinajstić information content (AvgIpc) is 3.27. The smallest absolute Gasteiger partial charge is 0.313 e. The number of pyridine rings is 1. The van der Waals surface area contributed by atoms with Gasteiger partial charge in [0.2, 0.25) is 0 Å². The van der Waals surface area contributed by atoms with Gasteiger partial charge in [-0.3, -0.25) is 19.6 Å². The van der Waals surface area contributed by atoms with Crippen molar-refractivity contribution in [3.05, 3.63) is 52.0 Å². The van der Waals surface area contributed by atoms with Crippen molar-refractivity contribution in [2.45, 2.75) is 39.8 Å². The number of rotatable bonds is 6. The van der Waals surface area contributed by atoms with E-state index in [2.05, 4.69) is 43.7 Å². The first kappa shape index (κ1) is 20.5. The van der Waals surface area contributed by atoms with Crippen LogP contribution in [0.1, 0.15) is 36.7 Å². The van der Waals surface area contributed by atoms with Gasteiger partial charge >= 0.3 is 5.97 Å². The van der Waals surface area contributed by atoms with Crippen LogP contribution >= 0.6 is 11.3 Å². The number of likely N-dealkylation sites (tertiary alicyclic amines) is 2. The van der Waals surface area contributed by atoms with Crippen molar-refractivity contribution in [2.24, 2.45) is 11.3 Å². The molecule has 5 nitrogen and oxygen atoms in total. The van der Waals surface area contributed by atoms with Crippen LogP contribution in [-0.4, -0.2) is 53.5 Å². The highest BCUT2D eigenvalue weighted by atomic mass is 32.1. The molecule has 6 heteroatoms. The first-order valence-corrected chi connectivity index (χ1v) is 11.6. The molecule has 0 amide bonds. The van der Waals surface area contributed by atoms with Crippen molar-refractivity contribution in [2.75, 3.05) is 32.8 Å². The van der Waals surface area contributed by atoms with Gasteiger partial charge in [-0.1, -0.05) is 6.07 Å². The van der Waals surface area contributed by atoms with Gasteiger partial charge in [-0.05, 0) is 67.8 Å². The predicted octanol–water partition coefficient (Wildman–Crippen LogP) is 3.73. The van der Waals surface area contributed by atoms with Crippen molar-refractivity contribution >= 4 is 17.3 Å². The molecule has 0 spiro atoms. The van der Waals surface area contributed by atoms with Crippen molar-refractivity contribution in [1.82, 2.24) is 14.8 Å². The number of carbonyl (C=O) groups excluding carboxylic acids is 1. The molecule has 2 aromatic heterocycles. The first-order chi connectivity index (χ1) is 14.1. The van der Waals surface area contributed by atoms with E-state index in [0.717, 1.165) is 63.5 Å². The number of esters is 1. The van der Waals surface area contributed by atoms with Gasteiger partial charge in [0.1, 0.15) is 0 Å². The van der Waals surface area contributed by atoms with Gasteiger partial charge in [-0.2, -0.15) is 11.3 Å². The molecule has 0 unspecified atom stereocenters. The maximum absolute atomic E-state index is 13.1. The topological polar surface area (TPSA) is 45.7 Å². The van der Waals surface area contributed by atoms with Crippen molar-refractivity contribution in [3.8, 4) is 0 Å². The molecule has 0 aliphatic carbocycles. The van der Waals surface area contributed by atoms with Crippen LogP contribution in [0.4, 0.5) is 0 Å². The summed E-state index contributed by atoms with van der Waals surface area (Å²) in [6.45, 7) is 9.85. The van der Waals surface area contributed by atoms with Crippen molar-refractivity contribution < 1.29 is 9.53 Å². The zero-order valence-corrected chi connectivity index (χ0v) is 18.3. The van der Waals surface area contributed by atoms with E-state index in [4.69, 9.17) is 4.74 Å². The molecule has 2 aliphatic rings. The highest BCUT2D eigenvalue weighted by Crippen LogP contribution is 2.44. The molecule has 4 heterocycles. The number of ether oxygens (including phenoxy) is 1. The predicted molar refractivity (Wildman–Crippen MR) is 116 cm³/mol. The summed E-state index contributed by atoms with van der Waals surface area (Å²) in [5.74, 6) is 0.301. The number of fused-ring (bicyclic) bond motifs is 1. The lowest BCUT2D eigenvalue weighted by molar-refractivity contribution is -0.157. The van der Waals surface area contributed by atoms with Gasteiger partial charge in [-0.25, -0.2) is 0 Å². The van der Waals surface area contributed by atoms with E-state index < -0.39 is 0 Å². The summed E-state index contributed by atoms with van der Waals surface area (Å²) in [6.07, 6.45) is 1.95. The fourth-order valence-corrected chi connectivity index (χ4v) is 5.71. The fourth-order valence-electron chi connectivity index (χ4n) is 5.05. The lowest BCUT2D eigenvalue weighted by Gasteiger charge is -2.31. The Morgan fingerprint density at radius 1 is 1.28 bits per heavy atom. The third-order valence-corrected chi connectivity index (χ3v) is 7.07. The first-order valence-electron chi connectivity index (χ1n) is 10.6. The quantitative estimate of drug-likeness (QED) is 0.676. The number of nitrogens with zero attached hydrogens (tertiary/aromatic N) is 3. The van der Waals surface area contributed by atoms with Gasteiger partial charge in [0.15, 0.2) is 0 Å². The van der Waals surface area contributed by atoms with Gasteiger partial charge < -0.3 is 4.74 Å². The minimum atomic E-state index is -0.386. The molecular weight excluding hydrogens is 382 g/mol. The highest BCUT2D eigenvalue weighted by Gasteiger charge is 2.53. The summed E-state index contributed by atoms with van der Waals surface area (Å²) in [7, 11) is 0. The molecule has 2 fully saturated rings. The van der Waals surface area contributed by atoms with E-state index >= 15 is 0 Å². The van der Waals surface area contributed by atoms with E-state index in [0.29, 0.717) is 12.5 Å². The third kappa shape index (κ3) is 4.55. The van der Waals surface area contributed by atoms with Crippen molar-refractivity contribution in [1.29, 1.82) is 0 Å². The van der Waals surface area contributed by atoms with Gasteiger partial charge in [0.25, 0.3) is 0 Å². The number of aryl methyl sites for hydroxylation is 1. The largest absolute Gasteiger partial charge is 0.466 e. The van der Waals surface area contributed by atoms with E-state index in [1.54, 1.807) is 11.3 Å². The maximum atomic E-state index is 13.1. The number of aromatic nitrogens is 1.